The molecule has 4 aromatic rings. The van der Waals surface area contributed by atoms with Crippen molar-refractivity contribution in [2.24, 2.45) is 0 Å². The predicted octanol–water partition coefficient (Wildman–Crippen LogP) is 4.69. The van der Waals surface area contributed by atoms with Gasteiger partial charge in [0.25, 0.3) is 5.69 Å². The van der Waals surface area contributed by atoms with E-state index in [1.165, 1.54) is 16.9 Å². The number of nitro benzene ring substituents is 1. The Morgan fingerprint density at radius 2 is 1.53 bits per heavy atom. The average molecular weight is 398 g/mol. The monoisotopic (exact) mass is 398 g/mol. The molecule has 0 aliphatic heterocycles. The van der Waals surface area contributed by atoms with Gasteiger partial charge in [-0.1, -0.05) is 47.5 Å². The Balaban J connectivity index is 1.84. The SMILES string of the molecule is Cc1cc(C)cc(C(=O)c2nn(-c3ccc([N+](=O)[O-])cc3)nc2-c2ccccc2)c1. The van der Waals surface area contributed by atoms with E-state index in [0.29, 0.717) is 16.9 Å². The topological polar surface area (TPSA) is 90.9 Å². The molecule has 0 radical (unpaired) electrons. The second kappa shape index (κ2) is 7.71. The third-order valence-corrected chi connectivity index (χ3v) is 4.65. The van der Waals surface area contributed by atoms with Crippen LogP contribution in [0.4, 0.5) is 5.69 Å². The van der Waals surface area contributed by atoms with Gasteiger partial charge in [-0.05, 0) is 38.1 Å². The van der Waals surface area contributed by atoms with Crippen LogP contribution in [0.3, 0.4) is 0 Å². The number of non-ortho nitro benzene ring substituents is 1. The molecule has 4 rings (SSSR count). The summed E-state index contributed by atoms with van der Waals surface area (Å²) in [5, 5.41) is 19.9. The maximum Gasteiger partial charge on any atom is 0.269 e. The summed E-state index contributed by atoms with van der Waals surface area (Å²) in [6, 6.07) is 20.9. The lowest BCUT2D eigenvalue weighted by atomic mass is 10.00. The van der Waals surface area contributed by atoms with Crippen molar-refractivity contribution in [1.29, 1.82) is 0 Å². The first kappa shape index (κ1) is 19.2. The standard InChI is InChI=1S/C23H18N4O3/c1-15-12-16(2)14-18(13-15)23(28)22-21(17-6-4-3-5-7-17)24-26(25-22)19-8-10-20(11-9-19)27(29)30/h3-14H,1-2H3. The van der Waals surface area contributed by atoms with Gasteiger partial charge in [-0.3, -0.25) is 14.9 Å². The Morgan fingerprint density at radius 1 is 0.900 bits per heavy atom. The lowest BCUT2D eigenvalue weighted by Crippen LogP contribution is -2.06. The van der Waals surface area contributed by atoms with Gasteiger partial charge >= 0.3 is 0 Å². The number of nitrogens with zero attached hydrogens (tertiary/aromatic N) is 4. The van der Waals surface area contributed by atoms with E-state index in [2.05, 4.69) is 10.2 Å². The smallest absolute Gasteiger partial charge is 0.269 e. The van der Waals surface area contributed by atoms with E-state index in [4.69, 9.17) is 0 Å². The summed E-state index contributed by atoms with van der Waals surface area (Å²) in [4.78, 5) is 25.1. The van der Waals surface area contributed by atoms with E-state index < -0.39 is 4.92 Å². The summed E-state index contributed by atoms with van der Waals surface area (Å²) >= 11 is 0. The summed E-state index contributed by atoms with van der Waals surface area (Å²) in [5.41, 5.74) is 4.46. The van der Waals surface area contributed by atoms with E-state index in [0.717, 1.165) is 16.7 Å². The van der Waals surface area contributed by atoms with Crippen LogP contribution in [0.5, 0.6) is 0 Å². The number of hydrogen-bond donors (Lipinski definition) is 0. The molecule has 148 valence electrons. The lowest BCUT2D eigenvalue weighted by Gasteiger charge is -2.04. The molecule has 0 spiro atoms. The highest BCUT2D eigenvalue weighted by Crippen LogP contribution is 2.25. The molecule has 0 unspecified atom stereocenters. The predicted molar refractivity (Wildman–Crippen MR) is 113 cm³/mol. The zero-order chi connectivity index (χ0) is 21.3. The van der Waals surface area contributed by atoms with Gasteiger partial charge < -0.3 is 0 Å². The second-order valence-corrected chi connectivity index (χ2v) is 7.03. The molecular weight excluding hydrogens is 380 g/mol. The number of carbonyl (C=O) groups is 1. The first-order chi connectivity index (χ1) is 14.4. The lowest BCUT2D eigenvalue weighted by molar-refractivity contribution is -0.384. The molecule has 0 fully saturated rings. The molecule has 0 atom stereocenters. The molecule has 0 bridgehead atoms. The molecule has 0 aliphatic carbocycles. The highest BCUT2D eigenvalue weighted by Gasteiger charge is 2.22. The number of carbonyl (C=O) groups excluding carboxylic acids is 1. The third kappa shape index (κ3) is 3.73. The highest BCUT2D eigenvalue weighted by molar-refractivity contribution is 6.11. The van der Waals surface area contributed by atoms with Crippen molar-refractivity contribution in [1.82, 2.24) is 15.0 Å². The summed E-state index contributed by atoms with van der Waals surface area (Å²) in [5.74, 6) is -0.228. The zero-order valence-electron chi connectivity index (χ0n) is 16.4. The van der Waals surface area contributed by atoms with E-state index in [9.17, 15) is 14.9 Å². The number of rotatable bonds is 5. The van der Waals surface area contributed by atoms with Gasteiger partial charge in [0, 0.05) is 23.3 Å². The van der Waals surface area contributed by atoms with Crippen LogP contribution >= 0.6 is 0 Å². The number of aryl methyl sites for hydroxylation is 2. The minimum absolute atomic E-state index is 0.0271. The van der Waals surface area contributed by atoms with Gasteiger partial charge in [0.15, 0.2) is 5.69 Å². The van der Waals surface area contributed by atoms with Gasteiger partial charge in [-0.25, -0.2) is 0 Å². The van der Waals surface area contributed by atoms with Gasteiger partial charge in [-0.15, -0.1) is 10.2 Å². The number of aromatic nitrogens is 3. The van der Waals surface area contributed by atoms with Gasteiger partial charge in [0.1, 0.15) is 5.69 Å². The quantitative estimate of drug-likeness (QED) is 0.276. The molecule has 0 saturated heterocycles. The zero-order valence-corrected chi connectivity index (χ0v) is 16.4. The number of ketones is 1. The van der Waals surface area contributed by atoms with Crippen LogP contribution in [0.25, 0.3) is 16.9 Å². The van der Waals surface area contributed by atoms with E-state index in [1.807, 2.05) is 62.4 Å². The Morgan fingerprint density at radius 3 is 2.13 bits per heavy atom. The molecule has 0 amide bonds. The van der Waals surface area contributed by atoms with E-state index >= 15 is 0 Å². The van der Waals surface area contributed by atoms with Crippen molar-refractivity contribution in [3.8, 4) is 16.9 Å². The van der Waals surface area contributed by atoms with Crippen molar-refractivity contribution in [3.05, 3.63) is 105 Å². The Bertz CT molecular complexity index is 1230. The molecule has 0 saturated carbocycles. The van der Waals surface area contributed by atoms with Gasteiger partial charge in [0.2, 0.25) is 5.78 Å². The molecule has 0 N–H and O–H groups in total. The van der Waals surface area contributed by atoms with Crippen LogP contribution in [0.15, 0.2) is 72.8 Å². The average Bonchev–Trinajstić information content (AvgIpc) is 3.18. The van der Waals surface area contributed by atoms with Crippen LogP contribution in [0.2, 0.25) is 0 Å². The highest BCUT2D eigenvalue weighted by atomic mass is 16.6. The van der Waals surface area contributed by atoms with Crippen molar-refractivity contribution >= 4 is 11.5 Å². The van der Waals surface area contributed by atoms with E-state index in [1.54, 1.807) is 12.1 Å². The summed E-state index contributed by atoms with van der Waals surface area (Å²) in [6.07, 6.45) is 0. The number of benzene rings is 3. The third-order valence-electron chi connectivity index (χ3n) is 4.65. The van der Waals surface area contributed by atoms with Crippen LogP contribution in [0, 0.1) is 24.0 Å². The van der Waals surface area contributed by atoms with E-state index in [-0.39, 0.29) is 17.2 Å². The fourth-order valence-electron chi connectivity index (χ4n) is 3.32. The normalized spacial score (nSPS) is 10.7. The van der Waals surface area contributed by atoms with Crippen LogP contribution in [-0.2, 0) is 0 Å². The number of nitro groups is 1. The maximum absolute atomic E-state index is 13.3. The maximum atomic E-state index is 13.3. The summed E-state index contributed by atoms with van der Waals surface area (Å²) in [6.45, 7) is 3.88. The van der Waals surface area contributed by atoms with Crippen molar-refractivity contribution in [2.75, 3.05) is 0 Å². The first-order valence-electron chi connectivity index (χ1n) is 9.33. The molecular formula is C23H18N4O3. The number of hydrogen-bond acceptors (Lipinski definition) is 5. The van der Waals surface area contributed by atoms with Gasteiger partial charge in [0.05, 0.1) is 10.6 Å². The van der Waals surface area contributed by atoms with Crippen LogP contribution in [-0.4, -0.2) is 25.7 Å². The fraction of sp³-hybridized carbons (Fsp3) is 0.0870. The Labute approximate surface area is 172 Å². The molecule has 1 heterocycles. The molecule has 7 heteroatoms. The first-order valence-corrected chi connectivity index (χ1v) is 9.33. The molecule has 0 aliphatic rings. The molecule has 7 nitrogen and oxygen atoms in total. The molecule has 1 aromatic heterocycles. The Hall–Kier alpha value is -4.13. The molecule has 3 aromatic carbocycles. The minimum atomic E-state index is -0.468. The Kier molecular flexibility index (Phi) is 4.93. The fourth-order valence-corrected chi connectivity index (χ4v) is 3.32. The van der Waals surface area contributed by atoms with Crippen LogP contribution in [0.1, 0.15) is 27.2 Å². The summed E-state index contributed by atoms with van der Waals surface area (Å²) in [7, 11) is 0. The van der Waals surface area contributed by atoms with Crippen molar-refractivity contribution in [2.45, 2.75) is 13.8 Å². The minimum Gasteiger partial charge on any atom is -0.287 e. The van der Waals surface area contributed by atoms with Gasteiger partial charge in [-0.2, -0.15) is 4.80 Å². The second-order valence-electron chi connectivity index (χ2n) is 7.03. The van der Waals surface area contributed by atoms with Crippen molar-refractivity contribution < 1.29 is 9.72 Å². The largest absolute Gasteiger partial charge is 0.287 e. The van der Waals surface area contributed by atoms with Crippen molar-refractivity contribution in [3.63, 3.8) is 0 Å². The molecule has 30 heavy (non-hydrogen) atoms. The van der Waals surface area contributed by atoms with Crippen LogP contribution < -0.4 is 0 Å². The summed E-state index contributed by atoms with van der Waals surface area (Å²) < 4.78 is 0.